The molecule has 30 heavy (non-hydrogen) atoms. The molecule has 0 spiro atoms. The molecule has 1 aromatic carbocycles. The maximum atomic E-state index is 14.7. The van der Waals surface area contributed by atoms with E-state index in [-0.39, 0.29) is 34.1 Å². The van der Waals surface area contributed by atoms with Crippen LogP contribution in [0, 0.1) is 10.6 Å². The van der Waals surface area contributed by atoms with Crippen LogP contribution in [0.3, 0.4) is 0 Å². The minimum absolute atomic E-state index is 0.00842. The molecule has 0 bridgehead atoms. The number of carbonyl (C=O) groups excluding carboxylic acids is 1. The lowest BCUT2D eigenvalue weighted by Crippen LogP contribution is -2.44. The number of oxime groups is 1. The van der Waals surface area contributed by atoms with Crippen LogP contribution in [0.5, 0.6) is 0 Å². The Morgan fingerprint density at radius 3 is 2.50 bits per heavy atom. The molecule has 1 unspecified atom stereocenters. The Kier molecular flexibility index (Phi) is 6.22. The number of aromatic nitrogens is 3. The summed E-state index contributed by atoms with van der Waals surface area (Å²) in [6, 6.07) is 2.23. The summed E-state index contributed by atoms with van der Waals surface area (Å²) < 4.78 is 22.4. The van der Waals surface area contributed by atoms with Crippen LogP contribution < -0.4 is 11.4 Å². The number of benzene rings is 1. The number of hydrogen-bond acceptors (Lipinski definition) is 7. The number of carbonyl (C=O) groups is 1. The second kappa shape index (κ2) is 8.52. The van der Waals surface area contributed by atoms with Gasteiger partial charge in [-0.05, 0) is 37.7 Å². The van der Waals surface area contributed by atoms with Crippen LogP contribution in [-0.2, 0) is 28.5 Å². The van der Waals surface area contributed by atoms with Crippen molar-refractivity contribution in [3.8, 4) is 5.69 Å². The van der Waals surface area contributed by atoms with Crippen LogP contribution in [0.2, 0.25) is 5.02 Å². The highest BCUT2D eigenvalue weighted by atomic mass is 35.5. The fourth-order valence-electron chi connectivity index (χ4n) is 2.98. The number of ether oxygens (including phenoxy) is 1. The molecule has 0 amide bonds. The van der Waals surface area contributed by atoms with E-state index in [1.165, 1.54) is 20.2 Å². The first-order valence-corrected chi connectivity index (χ1v) is 9.74. The molecular weight excluding hydrogens is 439 g/mol. The van der Waals surface area contributed by atoms with E-state index in [0.29, 0.717) is 16.7 Å². The maximum Gasteiger partial charge on any atom is 0.350 e. The van der Waals surface area contributed by atoms with Crippen LogP contribution in [0.25, 0.3) is 5.69 Å². The van der Waals surface area contributed by atoms with E-state index in [1.807, 2.05) is 0 Å². The standard InChI is InChI=1S/C18H18ClFN4O5S/c1-4-28-15(25)14-6-5-12(21-29-14)9-7-13(11(20)8-10(9)19)24-16(26)22(2)18(30)23(3)17(24)27/h7-8,14H,4-6H2,1-3H3. The molecule has 1 aliphatic heterocycles. The number of rotatable bonds is 4. The molecule has 0 aliphatic carbocycles. The Morgan fingerprint density at radius 1 is 1.33 bits per heavy atom. The summed E-state index contributed by atoms with van der Waals surface area (Å²) in [4.78, 5) is 42.2. The van der Waals surface area contributed by atoms with Crippen molar-refractivity contribution in [2.75, 3.05) is 6.61 Å². The fourth-order valence-corrected chi connectivity index (χ4v) is 3.40. The van der Waals surface area contributed by atoms with Gasteiger partial charge in [0.15, 0.2) is 4.77 Å². The van der Waals surface area contributed by atoms with Crippen LogP contribution in [0.1, 0.15) is 25.3 Å². The zero-order valence-electron chi connectivity index (χ0n) is 16.3. The van der Waals surface area contributed by atoms with E-state index < -0.39 is 29.3 Å². The molecule has 2 heterocycles. The van der Waals surface area contributed by atoms with Gasteiger partial charge in [-0.15, -0.1) is 0 Å². The van der Waals surface area contributed by atoms with Gasteiger partial charge in [0, 0.05) is 26.1 Å². The van der Waals surface area contributed by atoms with Crippen molar-refractivity contribution in [2.45, 2.75) is 25.9 Å². The first-order valence-electron chi connectivity index (χ1n) is 8.95. The van der Waals surface area contributed by atoms with Crippen molar-refractivity contribution in [3.05, 3.63) is 54.3 Å². The van der Waals surface area contributed by atoms with Crippen LogP contribution in [0.4, 0.5) is 4.39 Å². The molecule has 0 radical (unpaired) electrons. The number of hydrogen-bond donors (Lipinski definition) is 0. The Balaban J connectivity index is 2.10. The van der Waals surface area contributed by atoms with Crippen LogP contribution in [-0.4, -0.2) is 38.1 Å². The summed E-state index contributed by atoms with van der Waals surface area (Å²) in [7, 11) is 2.76. The Bertz CT molecular complexity index is 1190. The predicted molar refractivity (Wildman–Crippen MR) is 109 cm³/mol. The summed E-state index contributed by atoms with van der Waals surface area (Å²) in [5.74, 6) is -1.40. The van der Waals surface area contributed by atoms with Crippen molar-refractivity contribution in [1.29, 1.82) is 0 Å². The van der Waals surface area contributed by atoms with Gasteiger partial charge in [0.05, 0.1) is 23.0 Å². The third-order valence-corrected chi connectivity index (χ3v) is 5.46. The van der Waals surface area contributed by atoms with E-state index in [2.05, 4.69) is 5.16 Å². The van der Waals surface area contributed by atoms with E-state index in [4.69, 9.17) is 33.4 Å². The Hall–Kier alpha value is -2.79. The van der Waals surface area contributed by atoms with E-state index in [1.54, 1.807) is 6.92 Å². The molecule has 160 valence electrons. The molecule has 0 saturated carbocycles. The van der Waals surface area contributed by atoms with Crippen LogP contribution >= 0.6 is 23.8 Å². The molecule has 12 heteroatoms. The van der Waals surface area contributed by atoms with Gasteiger partial charge >= 0.3 is 17.3 Å². The minimum atomic E-state index is -0.873. The highest BCUT2D eigenvalue weighted by Crippen LogP contribution is 2.27. The molecule has 9 nitrogen and oxygen atoms in total. The second-order valence-corrected chi connectivity index (χ2v) is 7.28. The minimum Gasteiger partial charge on any atom is -0.463 e. The average molecular weight is 457 g/mol. The first kappa shape index (κ1) is 21.9. The smallest absolute Gasteiger partial charge is 0.350 e. The van der Waals surface area contributed by atoms with E-state index in [9.17, 15) is 18.8 Å². The van der Waals surface area contributed by atoms with Gasteiger partial charge in [0.25, 0.3) is 0 Å². The van der Waals surface area contributed by atoms with Crippen molar-refractivity contribution >= 4 is 35.5 Å². The number of halogens is 2. The zero-order chi connectivity index (χ0) is 22.2. The molecule has 0 fully saturated rings. The normalized spacial score (nSPS) is 16.0. The molecule has 1 aliphatic rings. The monoisotopic (exact) mass is 456 g/mol. The number of nitrogens with zero attached hydrogens (tertiary/aromatic N) is 4. The molecule has 0 saturated heterocycles. The van der Waals surface area contributed by atoms with Gasteiger partial charge in [-0.1, -0.05) is 16.8 Å². The molecule has 1 atom stereocenters. The molecular formula is C18H18ClFN4O5S. The first-order chi connectivity index (χ1) is 14.2. The van der Waals surface area contributed by atoms with E-state index >= 15 is 0 Å². The largest absolute Gasteiger partial charge is 0.463 e. The number of esters is 1. The zero-order valence-corrected chi connectivity index (χ0v) is 17.9. The van der Waals surface area contributed by atoms with Crippen molar-refractivity contribution in [1.82, 2.24) is 13.7 Å². The molecule has 0 N–H and O–H groups in total. The summed E-state index contributed by atoms with van der Waals surface area (Å²) >= 11 is 11.2. The fraction of sp³-hybridized carbons (Fsp3) is 0.389. The molecule has 2 aromatic rings. The predicted octanol–water partition coefficient (Wildman–Crippen LogP) is 1.84. The lowest BCUT2D eigenvalue weighted by atomic mass is 10.0. The van der Waals surface area contributed by atoms with Gasteiger partial charge in [0.1, 0.15) is 5.82 Å². The Morgan fingerprint density at radius 2 is 1.97 bits per heavy atom. The van der Waals surface area contributed by atoms with Gasteiger partial charge < -0.3 is 9.57 Å². The lowest BCUT2D eigenvalue weighted by molar-refractivity contribution is -0.157. The van der Waals surface area contributed by atoms with Gasteiger partial charge in [-0.25, -0.2) is 23.3 Å². The maximum absolute atomic E-state index is 14.7. The third-order valence-electron chi connectivity index (χ3n) is 4.60. The van der Waals surface area contributed by atoms with Gasteiger partial charge in [-0.2, -0.15) is 0 Å². The highest BCUT2D eigenvalue weighted by Gasteiger charge is 2.28. The van der Waals surface area contributed by atoms with Gasteiger partial charge in [-0.3, -0.25) is 9.13 Å². The van der Waals surface area contributed by atoms with Crippen molar-refractivity contribution in [3.63, 3.8) is 0 Å². The summed E-state index contributed by atoms with van der Waals surface area (Å²) in [6.07, 6.45) is -0.275. The SMILES string of the molecule is CCOC(=O)C1CCC(c2cc(-n3c(=O)n(C)c(=S)n(C)c3=O)c(F)cc2Cl)=NO1. The lowest BCUT2D eigenvalue weighted by Gasteiger charge is -2.20. The van der Waals surface area contributed by atoms with Gasteiger partial charge in [0.2, 0.25) is 6.10 Å². The summed E-state index contributed by atoms with van der Waals surface area (Å²) in [6.45, 7) is 1.90. The Labute approximate surface area is 179 Å². The average Bonchev–Trinajstić information content (AvgIpc) is 2.72. The summed E-state index contributed by atoms with van der Waals surface area (Å²) in [5.41, 5.74) is -1.30. The summed E-state index contributed by atoms with van der Waals surface area (Å²) in [5, 5.41) is 3.94. The van der Waals surface area contributed by atoms with E-state index in [0.717, 1.165) is 15.2 Å². The topological polar surface area (TPSA) is 96.8 Å². The highest BCUT2D eigenvalue weighted by molar-refractivity contribution is 7.71. The third kappa shape index (κ3) is 3.82. The quantitative estimate of drug-likeness (QED) is 0.514. The van der Waals surface area contributed by atoms with Crippen molar-refractivity contribution in [2.24, 2.45) is 19.3 Å². The molecule has 3 rings (SSSR count). The van der Waals surface area contributed by atoms with Crippen molar-refractivity contribution < 1.29 is 18.8 Å². The second-order valence-electron chi connectivity index (χ2n) is 6.51. The molecule has 1 aromatic heterocycles. The van der Waals surface area contributed by atoms with Crippen LogP contribution in [0.15, 0.2) is 26.9 Å².